The molecule has 0 unspecified atom stereocenters. The molecule has 1 heterocycles. The van der Waals surface area contributed by atoms with Crippen molar-refractivity contribution >= 4 is 11.3 Å². The third-order valence-corrected chi connectivity index (χ3v) is 5.84. The van der Waals surface area contributed by atoms with Crippen molar-refractivity contribution in [1.29, 1.82) is 0 Å². The molecular formula is C19H25NS. The minimum atomic E-state index is 0.472. The number of thiazole rings is 1. The average Bonchev–Trinajstić information content (AvgIpc) is 3.01. The number of rotatable bonds is 2. The van der Waals surface area contributed by atoms with E-state index in [0.29, 0.717) is 5.41 Å². The van der Waals surface area contributed by atoms with Crippen LogP contribution in [0, 0.1) is 11.3 Å². The van der Waals surface area contributed by atoms with Gasteiger partial charge in [0.2, 0.25) is 0 Å². The van der Waals surface area contributed by atoms with Gasteiger partial charge in [-0.15, -0.1) is 11.3 Å². The van der Waals surface area contributed by atoms with Crippen molar-refractivity contribution in [2.75, 3.05) is 0 Å². The monoisotopic (exact) mass is 299 g/mol. The molecule has 0 atom stereocenters. The Bertz CT molecular complexity index is 555. The Balaban J connectivity index is 1.66. The van der Waals surface area contributed by atoms with Crippen molar-refractivity contribution in [2.24, 2.45) is 11.3 Å². The van der Waals surface area contributed by atoms with Crippen LogP contribution in [0.15, 0.2) is 35.8 Å². The van der Waals surface area contributed by atoms with Crippen LogP contribution in [0.4, 0.5) is 0 Å². The van der Waals surface area contributed by atoms with Crippen molar-refractivity contribution in [1.82, 2.24) is 4.98 Å². The summed E-state index contributed by atoms with van der Waals surface area (Å²) >= 11 is 1.71. The molecule has 2 heteroatoms. The second kappa shape index (κ2) is 5.92. The number of benzene rings is 1. The van der Waals surface area contributed by atoms with E-state index in [0.717, 1.165) is 16.8 Å². The zero-order valence-electron chi connectivity index (χ0n) is 13.3. The van der Waals surface area contributed by atoms with Crippen LogP contribution in [-0.2, 0) is 0 Å². The van der Waals surface area contributed by atoms with Crippen molar-refractivity contribution in [3.63, 3.8) is 0 Å². The summed E-state index contributed by atoms with van der Waals surface area (Å²) < 4.78 is 0. The van der Waals surface area contributed by atoms with Gasteiger partial charge in [-0.3, -0.25) is 0 Å². The largest absolute Gasteiger partial charge is 0.245 e. The number of nitrogens with zero attached hydrogens (tertiary/aromatic N) is 1. The molecule has 1 aliphatic rings. The van der Waals surface area contributed by atoms with Gasteiger partial charge in [-0.05, 0) is 48.5 Å². The van der Waals surface area contributed by atoms with Gasteiger partial charge in [-0.25, -0.2) is 4.98 Å². The van der Waals surface area contributed by atoms with E-state index in [2.05, 4.69) is 50.0 Å². The topological polar surface area (TPSA) is 12.9 Å². The van der Waals surface area contributed by atoms with Gasteiger partial charge >= 0.3 is 0 Å². The minimum Gasteiger partial charge on any atom is -0.245 e. The van der Waals surface area contributed by atoms with Gasteiger partial charge in [-0.1, -0.05) is 45.0 Å². The summed E-state index contributed by atoms with van der Waals surface area (Å²) in [6.45, 7) is 7.17. The standard InChI is InChI=1S/C19H25NS/c1-19(2,3)17-10-8-15(9-11-17)14-4-6-16(7-5-14)18-20-12-13-21-18/h4-7,12-13,15,17H,8-11H2,1-3H3. The molecule has 1 aromatic carbocycles. The van der Waals surface area contributed by atoms with Gasteiger partial charge < -0.3 is 0 Å². The van der Waals surface area contributed by atoms with E-state index in [4.69, 9.17) is 0 Å². The molecule has 0 aliphatic heterocycles. The van der Waals surface area contributed by atoms with Crippen LogP contribution in [0.5, 0.6) is 0 Å². The fourth-order valence-electron chi connectivity index (χ4n) is 3.56. The lowest BCUT2D eigenvalue weighted by molar-refractivity contribution is 0.169. The van der Waals surface area contributed by atoms with Crippen molar-refractivity contribution in [2.45, 2.75) is 52.4 Å². The highest BCUT2D eigenvalue weighted by atomic mass is 32.1. The smallest absolute Gasteiger partial charge is 0.123 e. The summed E-state index contributed by atoms with van der Waals surface area (Å²) in [6.07, 6.45) is 7.32. The Morgan fingerprint density at radius 2 is 1.67 bits per heavy atom. The normalized spacial score (nSPS) is 23.2. The summed E-state index contributed by atoms with van der Waals surface area (Å²) in [5.41, 5.74) is 3.24. The lowest BCUT2D eigenvalue weighted by Crippen LogP contribution is -2.25. The summed E-state index contributed by atoms with van der Waals surface area (Å²) in [4.78, 5) is 4.38. The molecule has 1 fully saturated rings. The molecule has 2 aromatic rings. The second-order valence-corrected chi connectivity index (χ2v) is 8.27. The van der Waals surface area contributed by atoms with Gasteiger partial charge in [0.1, 0.15) is 5.01 Å². The van der Waals surface area contributed by atoms with Gasteiger partial charge in [0.05, 0.1) is 0 Å². The summed E-state index contributed by atoms with van der Waals surface area (Å²) in [5, 5.41) is 3.16. The zero-order chi connectivity index (χ0) is 14.9. The molecule has 112 valence electrons. The van der Waals surface area contributed by atoms with E-state index in [1.807, 2.05) is 11.6 Å². The van der Waals surface area contributed by atoms with Crippen LogP contribution in [0.25, 0.3) is 10.6 Å². The van der Waals surface area contributed by atoms with E-state index in [9.17, 15) is 0 Å². The van der Waals surface area contributed by atoms with E-state index in [-0.39, 0.29) is 0 Å². The molecular weight excluding hydrogens is 274 g/mol. The minimum absolute atomic E-state index is 0.472. The Hall–Kier alpha value is -1.15. The molecule has 0 N–H and O–H groups in total. The Kier molecular flexibility index (Phi) is 4.17. The maximum Gasteiger partial charge on any atom is 0.123 e. The van der Waals surface area contributed by atoms with Crippen LogP contribution in [-0.4, -0.2) is 4.98 Å². The fourth-order valence-corrected chi connectivity index (χ4v) is 4.20. The molecule has 0 bridgehead atoms. The Morgan fingerprint density at radius 1 is 1.00 bits per heavy atom. The maximum atomic E-state index is 4.38. The van der Waals surface area contributed by atoms with E-state index >= 15 is 0 Å². The van der Waals surface area contributed by atoms with Crippen molar-refractivity contribution in [3.8, 4) is 10.6 Å². The molecule has 0 radical (unpaired) electrons. The molecule has 1 saturated carbocycles. The molecule has 0 amide bonds. The van der Waals surface area contributed by atoms with E-state index < -0.39 is 0 Å². The number of hydrogen-bond acceptors (Lipinski definition) is 2. The Morgan fingerprint density at radius 3 is 2.19 bits per heavy atom. The van der Waals surface area contributed by atoms with Crippen LogP contribution in [0.1, 0.15) is 57.9 Å². The lowest BCUT2D eigenvalue weighted by Gasteiger charge is -2.37. The number of hydrogen-bond donors (Lipinski definition) is 0. The first-order valence-electron chi connectivity index (χ1n) is 8.04. The van der Waals surface area contributed by atoms with Crippen LogP contribution in [0.2, 0.25) is 0 Å². The van der Waals surface area contributed by atoms with E-state index in [1.165, 1.54) is 36.8 Å². The van der Waals surface area contributed by atoms with Gasteiger partial charge in [0, 0.05) is 17.1 Å². The van der Waals surface area contributed by atoms with Crippen LogP contribution >= 0.6 is 11.3 Å². The van der Waals surface area contributed by atoms with Gasteiger partial charge in [0.25, 0.3) is 0 Å². The van der Waals surface area contributed by atoms with Crippen LogP contribution in [0.3, 0.4) is 0 Å². The summed E-state index contributed by atoms with van der Waals surface area (Å²) in [6, 6.07) is 9.12. The fraction of sp³-hybridized carbons (Fsp3) is 0.526. The first-order valence-corrected chi connectivity index (χ1v) is 8.92. The third-order valence-electron chi connectivity index (χ3n) is 5.01. The van der Waals surface area contributed by atoms with Gasteiger partial charge in [-0.2, -0.15) is 0 Å². The number of aromatic nitrogens is 1. The molecule has 0 spiro atoms. The van der Waals surface area contributed by atoms with Crippen molar-refractivity contribution in [3.05, 3.63) is 41.4 Å². The van der Waals surface area contributed by atoms with Crippen LogP contribution < -0.4 is 0 Å². The molecule has 0 saturated heterocycles. The second-order valence-electron chi connectivity index (χ2n) is 7.37. The predicted molar refractivity (Wildman–Crippen MR) is 91.7 cm³/mol. The molecule has 1 aliphatic carbocycles. The third kappa shape index (κ3) is 3.37. The Labute approximate surface area is 132 Å². The van der Waals surface area contributed by atoms with Gasteiger partial charge in [0.15, 0.2) is 0 Å². The maximum absolute atomic E-state index is 4.38. The first-order chi connectivity index (χ1) is 10.0. The van der Waals surface area contributed by atoms with Crippen molar-refractivity contribution < 1.29 is 0 Å². The van der Waals surface area contributed by atoms with E-state index in [1.54, 1.807) is 11.3 Å². The molecule has 1 aromatic heterocycles. The SMILES string of the molecule is CC(C)(C)C1CCC(c2ccc(-c3nccs3)cc2)CC1. The zero-order valence-corrected chi connectivity index (χ0v) is 14.1. The molecule has 21 heavy (non-hydrogen) atoms. The molecule has 1 nitrogen and oxygen atoms in total. The highest BCUT2D eigenvalue weighted by Crippen LogP contribution is 2.43. The summed E-state index contributed by atoms with van der Waals surface area (Å²) in [7, 11) is 0. The summed E-state index contributed by atoms with van der Waals surface area (Å²) in [5.74, 6) is 1.65. The highest BCUT2D eigenvalue weighted by Gasteiger charge is 2.30. The average molecular weight is 299 g/mol. The predicted octanol–water partition coefficient (Wildman–Crippen LogP) is 6.13. The highest BCUT2D eigenvalue weighted by molar-refractivity contribution is 7.13. The lowest BCUT2D eigenvalue weighted by atomic mass is 9.69. The molecule has 3 rings (SSSR count). The quantitative estimate of drug-likeness (QED) is 0.650. The first kappa shape index (κ1) is 14.8.